The Morgan fingerprint density at radius 2 is 1.92 bits per heavy atom. The van der Waals surface area contributed by atoms with Crippen LogP contribution in [0, 0.1) is 0 Å². The van der Waals surface area contributed by atoms with Gasteiger partial charge in [0, 0.05) is 35.1 Å². The third-order valence-electron chi connectivity index (χ3n) is 3.48. The molecule has 0 aliphatic rings. The van der Waals surface area contributed by atoms with Gasteiger partial charge < -0.3 is 5.73 Å². The molecular weight excluding hydrogens is 320 g/mol. The predicted octanol–water partition coefficient (Wildman–Crippen LogP) is 3.43. The van der Waals surface area contributed by atoms with E-state index in [4.69, 9.17) is 10.7 Å². The Bertz CT molecular complexity index is 1010. The molecule has 0 saturated carbocycles. The molecule has 0 aromatic carbocycles. The highest BCUT2D eigenvalue weighted by Gasteiger charge is 2.11. The number of pyridine rings is 2. The minimum atomic E-state index is 0.576. The van der Waals surface area contributed by atoms with Crippen molar-refractivity contribution in [2.75, 3.05) is 0 Å². The molecule has 24 heavy (non-hydrogen) atoms. The van der Waals surface area contributed by atoms with E-state index in [-0.39, 0.29) is 0 Å². The average Bonchev–Trinajstić information content (AvgIpc) is 3.06. The molecule has 0 saturated heterocycles. The van der Waals surface area contributed by atoms with E-state index in [0.29, 0.717) is 11.6 Å². The van der Waals surface area contributed by atoms with E-state index in [9.17, 15) is 0 Å². The smallest absolute Gasteiger partial charge is 0.178 e. The van der Waals surface area contributed by atoms with Gasteiger partial charge >= 0.3 is 0 Å². The Morgan fingerprint density at radius 3 is 2.67 bits per heavy atom. The SMILES string of the molecule is NC=Nc1ccc(-c2csc3ccc(-c4ncccn4)nc23)cn1. The van der Waals surface area contributed by atoms with Crippen LogP contribution in [-0.4, -0.2) is 26.3 Å². The maximum absolute atomic E-state index is 5.29. The summed E-state index contributed by atoms with van der Waals surface area (Å²) >= 11 is 1.65. The Labute approximate surface area is 141 Å². The van der Waals surface area contributed by atoms with Crippen LogP contribution in [0.2, 0.25) is 0 Å². The second-order valence-electron chi connectivity index (χ2n) is 4.95. The van der Waals surface area contributed by atoms with Crippen molar-refractivity contribution in [2.45, 2.75) is 0 Å². The lowest BCUT2D eigenvalue weighted by molar-refractivity contribution is 1.15. The van der Waals surface area contributed by atoms with Gasteiger partial charge in [-0.3, -0.25) is 0 Å². The molecule has 7 heteroatoms. The number of fused-ring (bicyclic) bond motifs is 1. The molecule has 4 aromatic heterocycles. The molecule has 6 nitrogen and oxygen atoms in total. The maximum Gasteiger partial charge on any atom is 0.178 e. The molecule has 0 fully saturated rings. The Morgan fingerprint density at radius 1 is 1.04 bits per heavy atom. The summed E-state index contributed by atoms with van der Waals surface area (Å²) in [6.07, 6.45) is 6.43. The van der Waals surface area contributed by atoms with Crippen LogP contribution in [0.1, 0.15) is 0 Å². The van der Waals surface area contributed by atoms with E-state index in [0.717, 1.165) is 27.0 Å². The van der Waals surface area contributed by atoms with Crippen LogP contribution >= 0.6 is 11.3 Å². The fourth-order valence-corrected chi connectivity index (χ4v) is 3.28. The van der Waals surface area contributed by atoms with Crippen LogP contribution in [0.15, 0.2) is 59.3 Å². The minimum Gasteiger partial charge on any atom is -0.390 e. The summed E-state index contributed by atoms with van der Waals surface area (Å²) in [6, 6.07) is 9.56. The minimum absolute atomic E-state index is 0.576. The first-order chi connectivity index (χ1) is 11.8. The quantitative estimate of drug-likeness (QED) is 0.458. The highest BCUT2D eigenvalue weighted by Crippen LogP contribution is 2.34. The van der Waals surface area contributed by atoms with Gasteiger partial charge in [0.15, 0.2) is 11.6 Å². The van der Waals surface area contributed by atoms with Gasteiger partial charge in [0.25, 0.3) is 0 Å². The van der Waals surface area contributed by atoms with E-state index >= 15 is 0 Å². The highest BCUT2D eigenvalue weighted by atomic mass is 32.1. The van der Waals surface area contributed by atoms with Crippen molar-refractivity contribution in [1.82, 2.24) is 19.9 Å². The van der Waals surface area contributed by atoms with Gasteiger partial charge in [-0.2, -0.15) is 0 Å². The Hall–Kier alpha value is -3.19. The summed E-state index contributed by atoms with van der Waals surface area (Å²) in [6.45, 7) is 0. The lowest BCUT2D eigenvalue weighted by Crippen LogP contribution is -1.90. The van der Waals surface area contributed by atoms with Gasteiger partial charge in [-0.25, -0.2) is 24.9 Å². The largest absolute Gasteiger partial charge is 0.390 e. The molecular formula is C17H12N6S. The maximum atomic E-state index is 5.29. The molecule has 0 spiro atoms. The first-order valence-corrected chi connectivity index (χ1v) is 8.09. The van der Waals surface area contributed by atoms with E-state index in [1.54, 1.807) is 36.0 Å². The average molecular weight is 332 g/mol. The number of nitrogens with two attached hydrogens (primary N) is 1. The fraction of sp³-hybridized carbons (Fsp3) is 0. The van der Waals surface area contributed by atoms with Crippen LogP contribution in [0.25, 0.3) is 32.9 Å². The Kier molecular flexibility index (Phi) is 3.68. The monoisotopic (exact) mass is 332 g/mol. The number of thiophene rings is 1. The highest BCUT2D eigenvalue weighted by molar-refractivity contribution is 7.17. The number of aromatic nitrogens is 4. The second-order valence-corrected chi connectivity index (χ2v) is 5.86. The summed E-state index contributed by atoms with van der Waals surface area (Å²) < 4.78 is 1.11. The van der Waals surface area contributed by atoms with Gasteiger partial charge in [-0.1, -0.05) is 0 Å². The van der Waals surface area contributed by atoms with E-state index in [1.165, 1.54) is 6.34 Å². The van der Waals surface area contributed by atoms with Crippen molar-refractivity contribution in [3.8, 4) is 22.6 Å². The molecule has 4 heterocycles. The molecule has 0 bridgehead atoms. The van der Waals surface area contributed by atoms with Crippen LogP contribution in [0.4, 0.5) is 5.82 Å². The molecule has 0 aliphatic heterocycles. The second kappa shape index (κ2) is 6.13. The summed E-state index contributed by atoms with van der Waals surface area (Å²) in [5, 5.41) is 2.08. The van der Waals surface area contributed by atoms with Crippen molar-refractivity contribution in [3.63, 3.8) is 0 Å². The molecule has 0 radical (unpaired) electrons. The zero-order chi connectivity index (χ0) is 16.4. The van der Waals surface area contributed by atoms with Gasteiger partial charge in [0.1, 0.15) is 5.69 Å². The van der Waals surface area contributed by atoms with E-state index in [2.05, 4.69) is 25.3 Å². The molecule has 0 amide bonds. The van der Waals surface area contributed by atoms with Gasteiger partial charge in [0.2, 0.25) is 0 Å². The lowest BCUT2D eigenvalue weighted by Gasteiger charge is -2.02. The van der Waals surface area contributed by atoms with E-state index < -0.39 is 0 Å². The summed E-state index contributed by atoms with van der Waals surface area (Å²) in [5.41, 5.74) is 8.97. The van der Waals surface area contributed by atoms with Crippen molar-refractivity contribution in [1.29, 1.82) is 0 Å². The third kappa shape index (κ3) is 2.61. The molecule has 4 rings (SSSR count). The third-order valence-corrected chi connectivity index (χ3v) is 4.41. The summed E-state index contributed by atoms with van der Waals surface area (Å²) in [7, 11) is 0. The number of hydrogen-bond acceptors (Lipinski definition) is 6. The molecule has 2 N–H and O–H groups in total. The number of rotatable bonds is 3. The van der Waals surface area contributed by atoms with Crippen molar-refractivity contribution < 1.29 is 0 Å². The number of nitrogens with zero attached hydrogens (tertiary/aromatic N) is 5. The zero-order valence-electron chi connectivity index (χ0n) is 12.5. The normalized spacial score (nSPS) is 11.3. The molecule has 0 unspecified atom stereocenters. The topological polar surface area (TPSA) is 89.9 Å². The number of aliphatic imine (C=N–C) groups is 1. The van der Waals surface area contributed by atoms with Crippen molar-refractivity contribution in [2.24, 2.45) is 10.7 Å². The molecule has 0 aliphatic carbocycles. The van der Waals surface area contributed by atoms with Crippen LogP contribution in [0.3, 0.4) is 0 Å². The van der Waals surface area contributed by atoms with Crippen molar-refractivity contribution in [3.05, 3.63) is 54.3 Å². The molecule has 4 aromatic rings. The van der Waals surface area contributed by atoms with Crippen LogP contribution in [-0.2, 0) is 0 Å². The van der Waals surface area contributed by atoms with Crippen molar-refractivity contribution >= 4 is 33.7 Å². The molecule has 0 atom stereocenters. The fourth-order valence-electron chi connectivity index (χ4n) is 2.37. The van der Waals surface area contributed by atoms with Gasteiger partial charge in [-0.15, -0.1) is 11.3 Å². The first-order valence-electron chi connectivity index (χ1n) is 7.21. The number of hydrogen-bond donors (Lipinski definition) is 1. The van der Waals surface area contributed by atoms with Crippen LogP contribution in [0.5, 0.6) is 0 Å². The first kappa shape index (κ1) is 14.4. The van der Waals surface area contributed by atoms with Crippen LogP contribution < -0.4 is 5.73 Å². The predicted molar refractivity (Wildman–Crippen MR) is 96.2 cm³/mol. The lowest BCUT2D eigenvalue weighted by atomic mass is 10.1. The zero-order valence-corrected chi connectivity index (χ0v) is 13.3. The van der Waals surface area contributed by atoms with Gasteiger partial charge in [0.05, 0.1) is 16.6 Å². The summed E-state index contributed by atoms with van der Waals surface area (Å²) in [5.74, 6) is 1.19. The van der Waals surface area contributed by atoms with E-state index in [1.807, 2.05) is 24.3 Å². The Balaban J connectivity index is 1.81. The standard InChI is InChI=1S/C17H12N6S/c18-10-22-15-5-2-11(8-21-15)12-9-24-14-4-3-13(23-16(12)14)17-19-6-1-7-20-17/h1-10H,(H2,18,21,22). The van der Waals surface area contributed by atoms with Gasteiger partial charge in [-0.05, 0) is 30.3 Å². The molecule has 116 valence electrons. The summed E-state index contributed by atoms with van der Waals surface area (Å²) in [4.78, 5) is 21.5.